The summed E-state index contributed by atoms with van der Waals surface area (Å²) >= 11 is 1.90. The Morgan fingerprint density at radius 3 is 2.71 bits per heavy atom. The van der Waals surface area contributed by atoms with Crippen molar-refractivity contribution in [3.05, 3.63) is 66.1 Å². The van der Waals surface area contributed by atoms with Crippen molar-refractivity contribution < 1.29 is 0 Å². The minimum Gasteiger partial charge on any atom is -0.345 e. The number of fused-ring (bicyclic) bond motifs is 2. The molecular weight excluding hydrogens is 364 g/mol. The van der Waals surface area contributed by atoms with Crippen LogP contribution in [0.1, 0.15) is 56.6 Å². The highest BCUT2D eigenvalue weighted by atomic mass is 32.2. The Kier molecular flexibility index (Phi) is 4.43. The van der Waals surface area contributed by atoms with Crippen LogP contribution in [0, 0.1) is 0 Å². The van der Waals surface area contributed by atoms with Crippen LogP contribution < -0.4 is 0 Å². The third-order valence-electron chi connectivity index (χ3n) is 5.98. The van der Waals surface area contributed by atoms with Gasteiger partial charge in [0.05, 0.1) is 11.7 Å². The van der Waals surface area contributed by atoms with Crippen LogP contribution in [-0.4, -0.2) is 31.4 Å². The highest BCUT2D eigenvalue weighted by Gasteiger charge is 2.46. The summed E-state index contributed by atoms with van der Waals surface area (Å²) in [4.78, 5) is 12.4. The van der Waals surface area contributed by atoms with Gasteiger partial charge in [0, 0.05) is 46.7 Å². The van der Waals surface area contributed by atoms with E-state index < -0.39 is 0 Å². The zero-order valence-electron chi connectivity index (χ0n) is 16.6. The summed E-state index contributed by atoms with van der Waals surface area (Å²) in [6.07, 6.45) is 5.39. The lowest BCUT2D eigenvalue weighted by atomic mass is 9.95. The average Bonchev–Trinajstić information content (AvgIpc) is 3.39. The van der Waals surface area contributed by atoms with Crippen LogP contribution in [0.15, 0.2) is 59.9 Å². The van der Waals surface area contributed by atoms with Gasteiger partial charge in [0.25, 0.3) is 0 Å². The first-order valence-electron chi connectivity index (χ1n) is 10.2. The third kappa shape index (κ3) is 2.67. The summed E-state index contributed by atoms with van der Waals surface area (Å²) in [5.41, 5.74) is 3.74. The van der Waals surface area contributed by atoms with Crippen molar-refractivity contribution in [3.63, 3.8) is 0 Å². The summed E-state index contributed by atoms with van der Waals surface area (Å²) < 4.78 is 2.41. The van der Waals surface area contributed by atoms with Gasteiger partial charge in [-0.3, -0.25) is 9.98 Å². The molecule has 0 aliphatic carbocycles. The molecule has 1 aromatic carbocycles. The van der Waals surface area contributed by atoms with Gasteiger partial charge in [0.2, 0.25) is 0 Å². The van der Waals surface area contributed by atoms with Gasteiger partial charge < -0.3 is 9.47 Å². The van der Waals surface area contributed by atoms with Crippen molar-refractivity contribution >= 4 is 27.8 Å². The maximum Gasteiger partial charge on any atom is 0.160 e. The molecule has 0 unspecified atom stereocenters. The van der Waals surface area contributed by atoms with Crippen molar-refractivity contribution in [2.24, 2.45) is 4.99 Å². The summed E-state index contributed by atoms with van der Waals surface area (Å²) in [6, 6.07) is 16.2. The molecule has 0 N–H and O–H groups in total. The van der Waals surface area contributed by atoms with Crippen LogP contribution in [0.25, 0.3) is 10.9 Å². The monoisotopic (exact) mass is 390 g/mol. The van der Waals surface area contributed by atoms with E-state index in [-0.39, 0.29) is 12.1 Å². The fourth-order valence-electron chi connectivity index (χ4n) is 4.58. The second-order valence-electron chi connectivity index (χ2n) is 7.94. The minimum atomic E-state index is 0.0458. The molecule has 0 saturated carbocycles. The van der Waals surface area contributed by atoms with E-state index in [0.29, 0.717) is 12.1 Å². The molecule has 2 aliphatic rings. The second kappa shape index (κ2) is 6.96. The lowest BCUT2D eigenvalue weighted by Gasteiger charge is -2.31. The number of aromatic nitrogens is 2. The van der Waals surface area contributed by atoms with Crippen molar-refractivity contribution in [1.82, 2.24) is 14.5 Å². The number of thioether (sulfide) groups is 1. The predicted molar refractivity (Wildman–Crippen MR) is 118 cm³/mol. The Labute approximate surface area is 170 Å². The Morgan fingerprint density at radius 1 is 1.14 bits per heavy atom. The average molecular weight is 391 g/mol. The molecule has 3 atom stereocenters. The van der Waals surface area contributed by atoms with E-state index >= 15 is 0 Å². The standard InChI is InChI=1S/C23H26N4S/c1-4-16-14-28-23-25-21(19-10-7-8-12-24-19)22(27(16)23)18-13-26(15(2)3)20-11-6-5-9-17(18)20/h5-13,15-16,21-22H,4,14H2,1-3H3/t16-,21+,22+/m0/s1. The molecule has 0 amide bonds. The third-order valence-corrected chi connectivity index (χ3v) is 7.10. The highest BCUT2D eigenvalue weighted by molar-refractivity contribution is 8.14. The van der Waals surface area contributed by atoms with Gasteiger partial charge in [-0.25, -0.2) is 0 Å². The zero-order valence-corrected chi connectivity index (χ0v) is 17.4. The van der Waals surface area contributed by atoms with Crippen molar-refractivity contribution in [2.75, 3.05) is 5.75 Å². The first-order chi connectivity index (χ1) is 13.7. The van der Waals surface area contributed by atoms with Gasteiger partial charge in [-0.1, -0.05) is 43.0 Å². The van der Waals surface area contributed by atoms with E-state index in [0.717, 1.165) is 17.9 Å². The highest BCUT2D eigenvalue weighted by Crippen LogP contribution is 2.50. The van der Waals surface area contributed by atoms with E-state index in [1.807, 2.05) is 24.0 Å². The number of hydrogen-bond acceptors (Lipinski definition) is 4. The number of amidine groups is 1. The summed E-state index contributed by atoms with van der Waals surface area (Å²) in [7, 11) is 0. The number of rotatable bonds is 4. The Balaban J connectivity index is 1.71. The van der Waals surface area contributed by atoms with E-state index in [4.69, 9.17) is 4.99 Å². The molecule has 5 rings (SSSR count). The molecule has 0 radical (unpaired) electrons. The first kappa shape index (κ1) is 17.8. The van der Waals surface area contributed by atoms with Gasteiger partial charge in [-0.15, -0.1) is 0 Å². The van der Waals surface area contributed by atoms with Crippen LogP contribution in [-0.2, 0) is 0 Å². The minimum absolute atomic E-state index is 0.0458. The molecule has 0 spiro atoms. The maximum absolute atomic E-state index is 5.17. The number of aliphatic imine (C=N–C) groups is 1. The molecule has 0 bridgehead atoms. The summed E-state index contributed by atoms with van der Waals surface area (Å²) in [5, 5.41) is 2.53. The van der Waals surface area contributed by atoms with Crippen LogP contribution in [0.3, 0.4) is 0 Å². The molecule has 2 aromatic heterocycles. The molecule has 4 heterocycles. The lowest BCUT2D eigenvalue weighted by molar-refractivity contribution is 0.256. The zero-order chi connectivity index (χ0) is 19.3. The fourth-order valence-corrected chi connectivity index (χ4v) is 5.92. The van der Waals surface area contributed by atoms with E-state index in [9.17, 15) is 0 Å². The molecule has 1 fully saturated rings. The Bertz CT molecular complexity index is 1020. The number of benzene rings is 1. The summed E-state index contributed by atoms with van der Waals surface area (Å²) in [5.74, 6) is 1.13. The molecule has 3 aromatic rings. The predicted octanol–water partition coefficient (Wildman–Crippen LogP) is 5.60. The Hall–Kier alpha value is -2.27. The van der Waals surface area contributed by atoms with Crippen LogP contribution in [0.4, 0.5) is 0 Å². The van der Waals surface area contributed by atoms with Gasteiger partial charge in [-0.2, -0.15) is 0 Å². The van der Waals surface area contributed by atoms with Crippen molar-refractivity contribution in [3.8, 4) is 0 Å². The lowest BCUT2D eigenvalue weighted by Crippen LogP contribution is -2.35. The smallest absolute Gasteiger partial charge is 0.160 e. The fraction of sp³-hybridized carbons (Fsp3) is 0.391. The quantitative estimate of drug-likeness (QED) is 0.582. The van der Waals surface area contributed by atoms with E-state index in [1.54, 1.807) is 0 Å². The molecule has 5 heteroatoms. The van der Waals surface area contributed by atoms with Crippen LogP contribution in [0.2, 0.25) is 0 Å². The molecular formula is C23H26N4S. The second-order valence-corrected chi connectivity index (χ2v) is 8.93. The summed E-state index contributed by atoms with van der Waals surface area (Å²) in [6.45, 7) is 6.80. The van der Waals surface area contributed by atoms with E-state index in [2.05, 4.69) is 77.8 Å². The van der Waals surface area contributed by atoms with Crippen LogP contribution in [0.5, 0.6) is 0 Å². The molecule has 4 nitrogen and oxygen atoms in total. The number of nitrogens with zero attached hydrogens (tertiary/aromatic N) is 4. The van der Waals surface area contributed by atoms with Crippen LogP contribution >= 0.6 is 11.8 Å². The first-order valence-corrected chi connectivity index (χ1v) is 11.2. The number of para-hydroxylation sites is 1. The normalized spacial score (nSPS) is 24.2. The molecule has 28 heavy (non-hydrogen) atoms. The van der Waals surface area contributed by atoms with Crippen molar-refractivity contribution in [1.29, 1.82) is 0 Å². The maximum atomic E-state index is 5.17. The van der Waals surface area contributed by atoms with Gasteiger partial charge in [0.1, 0.15) is 6.04 Å². The van der Waals surface area contributed by atoms with Gasteiger partial charge in [-0.05, 0) is 38.5 Å². The topological polar surface area (TPSA) is 33.4 Å². The molecule has 2 aliphatic heterocycles. The number of pyridine rings is 1. The molecule has 1 saturated heterocycles. The van der Waals surface area contributed by atoms with Crippen molar-refractivity contribution in [2.45, 2.75) is 51.4 Å². The van der Waals surface area contributed by atoms with E-state index in [1.165, 1.54) is 21.6 Å². The Morgan fingerprint density at radius 2 is 1.96 bits per heavy atom. The largest absolute Gasteiger partial charge is 0.345 e. The SMILES string of the molecule is CC[C@H]1CSC2=N[C@H](c3ccccn3)[C@@H](c3cn(C(C)C)c4ccccc34)N21. The number of hydrogen-bond donors (Lipinski definition) is 0. The van der Waals surface area contributed by atoms with Gasteiger partial charge >= 0.3 is 0 Å². The van der Waals surface area contributed by atoms with Gasteiger partial charge in [0.15, 0.2) is 5.17 Å². The molecule has 144 valence electrons.